The van der Waals surface area contributed by atoms with Crippen LogP contribution in [0.3, 0.4) is 0 Å². The summed E-state index contributed by atoms with van der Waals surface area (Å²) >= 11 is 0. The molecule has 1 aliphatic heterocycles. The van der Waals surface area contributed by atoms with Gasteiger partial charge < -0.3 is 9.84 Å². The number of methoxy groups -OCH3 is 1. The number of aliphatic hydroxyl groups is 1. The van der Waals surface area contributed by atoms with Gasteiger partial charge in [0, 0.05) is 29.4 Å². The number of non-ortho nitro benzene ring substituents is 1. The molecule has 3 aromatic rings. The van der Waals surface area contributed by atoms with E-state index in [1.807, 2.05) is 0 Å². The molecule has 1 aliphatic rings. The third-order valence-corrected chi connectivity index (χ3v) is 5.24. The lowest BCUT2D eigenvalue weighted by Gasteiger charge is -2.25. The lowest BCUT2D eigenvalue weighted by Crippen LogP contribution is -2.29. The molecule has 3 aromatic carbocycles. The average molecular weight is 430 g/mol. The fourth-order valence-corrected chi connectivity index (χ4v) is 3.70. The van der Waals surface area contributed by atoms with E-state index < -0.39 is 22.7 Å². The molecule has 0 spiro atoms. The highest BCUT2D eigenvalue weighted by Crippen LogP contribution is 2.43. The van der Waals surface area contributed by atoms with Gasteiger partial charge in [0.05, 0.1) is 23.6 Å². The topological polar surface area (TPSA) is 110 Å². The number of amides is 1. The maximum atomic E-state index is 13.1. The fourth-order valence-electron chi connectivity index (χ4n) is 3.70. The average Bonchev–Trinajstić information content (AvgIpc) is 3.09. The molecule has 32 heavy (non-hydrogen) atoms. The number of ether oxygens (including phenoxy) is 1. The third kappa shape index (κ3) is 3.58. The van der Waals surface area contributed by atoms with Crippen molar-refractivity contribution in [1.29, 1.82) is 0 Å². The van der Waals surface area contributed by atoms with E-state index in [-0.39, 0.29) is 17.0 Å². The van der Waals surface area contributed by atoms with Gasteiger partial charge >= 0.3 is 0 Å². The number of Topliss-reactive ketones (excluding diaryl/α,β-unsaturated/α-hetero) is 1. The minimum atomic E-state index is -0.983. The molecule has 1 amide bonds. The number of carbonyl (C=O) groups is 2. The Bertz CT molecular complexity index is 1230. The molecule has 1 atom stereocenters. The first-order chi connectivity index (χ1) is 15.4. The summed E-state index contributed by atoms with van der Waals surface area (Å²) in [5.74, 6) is -1.51. The van der Waals surface area contributed by atoms with Crippen LogP contribution in [-0.4, -0.2) is 28.8 Å². The van der Waals surface area contributed by atoms with Crippen molar-refractivity contribution >= 4 is 28.8 Å². The van der Waals surface area contributed by atoms with Crippen molar-refractivity contribution in [2.75, 3.05) is 12.0 Å². The van der Waals surface area contributed by atoms with E-state index in [4.69, 9.17) is 4.74 Å². The van der Waals surface area contributed by atoms with E-state index in [1.165, 1.54) is 36.3 Å². The van der Waals surface area contributed by atoms with Crippen molar-refractivity contribution in [2.24, 2.45) is 0 Å². The van der Waals surface area contributed by atoms with Gasteiger partial charge in [-0.15, -0.1) is 0 Å². The zero-order valence-corrected chi connectivity index (χ0v) is 17.0. The van der Waals surface area contributed by atoms with E-state index in [0.29, 0.717) is 22.6 Å². The van der Waals surface area contributed by atoms with Crippen LogP contribution < -0.4 is 9.64 Å². The van der Waals surface area contributed by atoms with Crippen molar-refractivity contribution in [1.82, 2.24) is 0 Å². The first-order valence-corrected chi connectivity index (χ1v) is 9.67. The van der Waals surface area contributed by atoms with Crippen LogP contribution in [0.1, 0.15) is 17.2 Å². The van der Waals surface area contributed by atoms with Crippen molar-refractivity contribution in [3.05, 3.63) is 106 Å². The Morgan fingerprint density at radius 1 is 1.00 bits per heavy atom. The standard InChI is InChI=1S/C24H18N2O6/c1-32-19-9-5-8-18(14-19)25-21(15-10-12-17(13-11-15)26(30)31)20(23(28)24(25)29)22(27)16-6-3-2-4-7-16/h2-14,21,27H,1H3. The molecule has 8 nitrogen and oxygen atoms in total. The number of carbonyl (C=O) groups excluding carboxylic acids is 2. The molecule has 0 aliphatic carbocycles. The van der Waals surface area contributed by atoms with Gasteiger partial charge in [0.2, 0.25) is 0 Å². The number of anilines is 1. The molecule has 0 bridgehead atoms. The summed E-state index contributed by atoms with van der Waals surface area (Å²) in [4.78, 5) is 38.0. The number of nitro benzene ring substituents is 1. The zero-order valence-electron chi connectivity index (χ0n) is 17.0. The molecule has 8 heteroatoms. The van der Waals surface area contributed by atoms with Gasteiger partial charge in [0.25, 0.3) is 17.4 Å². The second kappa shape index (κ2) is 8.35. The van der Waals surface area contributed by atoms with Crippen molar-refractivity contribution in [3.8, 4) is 5.75 Å². The molecule has 1 saturated heterocycles. The fraction of sp³-hybridized carbons (Fsp3) is 0.0833. The number of rotatable bonds is 5. The minimum Gasteiger partial charge on any atom is -0.507 e. The predicted octanol–water partition coefficient (Wildman–Crippen LogP) is 4.23. The molecule has 0 aromatic heterocycles. The number of hydrogen-bond donors (Lipinski definition) is 1. The van der Waals surface area contributed by atoms with Gasteiger partial charge in [-0.2, -0.15) is 0 Å². The van der Waals surface area contributed by atoms with Gasteiger partial charge in [-0.3, -0.25) is 24.6 Å². The number of nitro groups is 1. The summed E-state index contributed by atoms with van der Waals surface area (Å²) in [6, 6.07) is 19.6. The van der Waals surface area contributed by atoms with Gasteiger partial charge in [0.1, 0.15) is 11.5 Å². The molecule has 0 saturated carbocycles. The maximum absolute atomic E-state index is 13.1. The Hall–Kier alpha value is -4.46. The number of nitrogens with zero attached hydrogens (tertiary/aromatic N) is 2. The lowest BCUT2D eigenvalue weighted by molar-refractivity contribution is -0.384. The minimum absolute atomic E-state index is 0.0992. The first kappa shape index (κ1) is 20.8. The first-order valence-electron chi connectivity index (χ1n) is 9.67. The monoisotopic (exact) mass is 430 g/mol. The van der Waals surface area contributed by atoms with Gasteiger partial charge in [0.15, 0.2) is 0 Å². The maximum Gasteiger partial charge on any atom is 0.300 e. The molecule has 4 rings (SSSR count). The SMILES string of the molecule is COc1cccc(N2C(=O)C(=O)C(=C(O)c3ccccc3)C2c2ccc([N+](=O)[O-])cc2)c1. The number of ketones is 1. The van der Waals surface area contributed by atoms with Crippen LogP contribution in [0.5, 0.6) is 5.75 Å². The summed E-state index contributed by atoms with van der Waals surface area (Å²) in [5, 5.41) is 22.1. The van der Waals surface area contributed by atoms with Crippen molar-refractivity contribution in [3.63, 3.8) is 0 Å². The van der Waals surface area contributed by atoms with E-state index in [1.54, 1.807) is 54.6 Å². The highest BCUT2D eigenvalue weighted by Gasteiger charge is 2.47. The van der Waals surface area contributed by atoms with Gasteiger partial charge in [-0.25, -0.2) is 0 Å². The summed E-state index contributed by atoms with van der Waals surface area (Å²) < 4.78 is 5.24. The molecule has 160 valence electrons. The number of aliphatic hydroxyl groups excluding tert-OH is 1. The molecule has 1 unspecified atom stereocenters. The van der Waals surface area contributed by atoms with E-state index >= 15 is 0 Å². The lowest BCUT2D eigenvalue weighted by atomic mass is 9.95. The van der Waals surface area contributed by atoms with Crippen LogP contribution in [0.15, 0.2) is 84.4 Å². The van der Waals surface area contributed by atoms with Crippen LogP contribution in [0, 0.1) is 10.1 Å². The van der Waals surface area contributed by atoms with Crippen LogP contribution in [0.4, 0.5) is 11.4 Å². The quantitative estimate of drug-likeness (QED) is 0.213. The van der Waals surface area contributed by atoms with Crippen molar-refractivity contribution in [2.45, 2.75) is 6.04 Å². The van der Waals surface area contributed by atoms with Gasteiger partial charge in [-0.1, -0.05) is 36.4 Å². The Morgan fingerprint density at radius 3 is 2.31 bits per heavy atom. The van der Waals surface area contributed by atoms with Crippen LogP contribution in [-0.2, 0) is 9.59 Å². The Kier molecular flexibility index (Phi) is 5.43. The smallest absolute Gasteiger partial charge is 0.300 e. The number of benzene rings is 3. The van der Waals surface area contributed by atoms with Gasteiger partial charge in [-0.05, 0) is 29.8 Å². The second-order valence-corrected chi connectivity index (χ2v) is 7.09. The van der Waals surface area contributed by atoms with Crippen LogP contribution in [0.25, 0.3) is 5.76 Å². The third-order valence-electron chi connectivity index (χ3n) is 5.24. The van der Waals surface area contributed by atoms with Crippen molar-refractivity contribution < 1.29 is 24.4 Å². The van der Waals surface area contributed by atoms with E-state index in [0.717, 1.165) is 0 Å². The Balaban J connectivity index is 1.93. The summed E-state index contributed by atoms with van der Waals surface area (Å²) in [6.45, 7) is 0. The van der Waals surface area contributed by atoms with E-state index in [2.05, 4.69) is 0 Å². The molecule has 1 fully saturated rings. The molecule has 1 heterocycles. The Morgan fingerprint density at radius 2 is 1.69 bits per heavy atom. The highest BCUT2D eigenvalue weighted by atomic mass is 16.6. The summed E-state index contributed by atoms with van der Waals surface area (Å²) in [5.41, 5.74) is 0.980. The second-order valence-electron chi connectivity index (χ2n) is 7.09. The number of hydrogen-bond acceptors (Lipinski definition) is 6. The molecular weight excluding hydrogens is 412 g/mol. The van der Waals surface area contributed by atoms with Crippen LogP contribution in [0.2, 0.25) is 0 Å². The largest absolute Gasteiger partial charge is 0.507 e. The summed E-state index contributed by atoms with van der Waals surface area (Å²) in [6.07, 6.45) is 0. The van der Waals surface area contributed by atoms with Crippen LogP contribution >= 0.6 is 0 Å². The van der Waals surface area contributed by atoms with E-state index in [9.17, 15) is 24.8 Å². The normalized spacial score (nSPS) is 17.4. The molecule has 1 N–H and O–H groups in total. The molecular formula is C24H18N2O6. The highest BCUT2D eigenvalue weighted by molar-refractivity contribution is 6.51. The summed E-state index contributed by atoms with van der Waals surface area (Å²) in [7, 11) is 1.48. The zero-order chi connectivity index (χ0) is 22.8. The predicted molar refractivity (Wildman–Crippen MR) is 117 cm³/mol. The molecule has 0 radical (unpaired) electrons. The Labute approximate surface area is 183 Å².